The lowest BCUT2D eigenvalue weighted by atomic mass is 9.33. The lowest BCUT2D eigenvalue weighted by Crippen LogP contribution is -2.62. The fourth-order valence-corrected chi connectivity index (χ4v) is 17.3. The van der Waals surface area contributed by atoms with Gasteiger partial charge >= 0.3 is 0 Å². The summed E-state index contributed by atoms with van der Waals surface area (Å²) in [5.74, 6) is 0. The molecule has 0 N–H and O–H groups in total. The molecule has 0 bridgehead atoms. The second-order valence-corrected chi connectivity index (χ2v) is 27.5. The van der Waals surface area contributed by atoms with Gasteiger partial charge in [0.25, 0.3) is 6.71 Å². The predicted molar refractivity (Wildman–Crippen MR) is 361 cm³/mol. The summed E-state index contributed by atoms with van der Waals surface area (Å²) >= 11 is 0. The van der Waals surface area contributed by atoms with E-state index in [0.29, 0.717) is 0 Å². The smallest absolute Gasteiger partial charge is 0.252 e. The number of anilines is 10. The summed E-state index contributed by atoms with van der Waals surface area (Å²) in [6, 6.07) is 89.0. The second kappa shape index (κ2) is 19.0. The van der Waals surface area contributed by atoms with Gasteiger partial charge < -0.3 is 19.6 Å². The zero-order valence-electron chi connectivity index (χ0n) is 50.5. The van der Waals surface area contributed by atoms with Gasteiger partial charge in [0, 0.05) is 67.6 Å². The van der Waals surface area contributed by atoms with Crippen molar-refractivity contribution in [3.63, 3.8) is 0 Å². The Kier molecular flexibility index (Phi) is 11.6. The fourth-order valence-electron chi connectivity index (χ4n) is 17.3. The van der Waals surface area contributed by atoms with Gasteiger partial charge in [-0.25, -0.2) is 0 Å². The van der Waals surface area contributed by atoms with E-state index >= 15 is 0 Å². The summed E-state index contributed by atoms with van der Waals surface area (Å²) < 4.78 is 0. The first kappa shape index (κ1) is 52.1. The average Bonchev–Trinajstić information content (AvgIpc) is 1.71. The summed E-state index contributed by atoms with van der Waals surface area (Å²) in [6.45, 7) is 17.2. The number of hydrogen-bond donors (Lipinski definition) is 0. The maximum Gasteiger partial charge on any atom is 0.252 e. The highest BCUT2D eigenvalue weighted by Gasteiger charge is 2.60. The Bertz CT molecular complexity index is 4280. The van der Waals surface area contributed by atoms with E-state index in [0.717, 1.165) is 24.9 Å². The highest BCUT2D eigenvalue weighted by molar-refractivity contribution is 7.00. The third-order valence-corrected chi connectivity index (χ3v) is 22.1. The van der Waals surface area contributed by atoms with E-state index in [9.17, 15) is 0 Å². The molecule has 4 heterocycles. The molecular formula is C80H75BN4. The number of fused-ring (bicyclic) bond motifs is 10. The minimum absolute atomic E-state index is 0.0111. The molecule has 2 fully saturated rings. The molecule has 4 atom stereocenters. The van der Waals surface area contributed by atoms with Crippen LogP contribution < -0.4 is 36.0 Å². The van der Waals surface area contributed by atoms with Crippen molar-refractivity contribution < 1.29 is 0 Å². The standard InChI is InChI=1S/C80H75BN4/c1-76(2,3)59-38-43-68(63(50-59)57-29-15-10-16-30-57)83-72-44-41-61(84-69-33-19-17-31-64(69)77(4)45-21-23-47-79(77,84)6)51-67(72)81-66-49-58(55-27-13-9-14-28-55)37-42-71(66)82(60-39-35-56(36-40-60)54-25-11-8-12-26-54)73-52-62(53-74(83)75(73)81)85-70-34-20-18-32-65(70)78(5)46-22-24-48-80(78,85)7/h8-20,25-44,49-53H,21-24,45-48H2,1-7H3. The third-order valence-electron chi connectivity index (χ3n) is 22.1. The maximum atomic E-state index is 2.81. The van der Waals surface area contributed by atoms with Crippen LogP contribution in [0.3, 0.4) is 0 Å². The Labute approximate surface area is 504 Å². The van der Waals surface area contributed by atoms with Crippen molar-refractivity contribution in [2.75, 3.05) is 19.6 Å². The molecule has 6 aliphatic rings. The molecule has 2 saturated carbocycles. The van der Waals surface area contributed by atoms with E-state index < -0.39 is 0 Å². The lowest BCUT2D eigenvalue weighted by Gasteiger charge is -2.51. The number of nitrogens with zero attached hydrogens (tertiary/aromatic N) is 4. The van der Waals surface area contributed by atoms with Crippen molar-refractivity contribution in [3.05, 3.63) is 247 Å². The fraction of sp³-hybridized carbons (Fsp3) is 0.250. The van der Waals surface area contributed by atoms with E-state index in [4.69, 9.17) is 0 Å². The maximum absolute atomic E-state index is 2.81. The molecule has 2 aliphatic carbocycles. The zero-order chi connectivity index (χ0) is 57.6. The van der Waals surface area contributed by atoms with Crippen LogP contribution in [-0.2, 0) is 16.2 Å². The van der Waals surface area contributed by atoms with Gasteiger partial charge in [0.1, 0.15) is 0 Å². The van der Waals surface area contributed by atoms with Gasteiger partial charge in [0.05, 0.1) is 16.8 Å². The SMILES string of the molecule is CC(C)(C)c1ccc(N2c3ccc(N4c5ccccc5C5(C)CCCCC45C)cc3B3c4cc(-c5ccccc5)ccc4N(c4ccc(-c5ccccc5)cc4)c4cc(N5c6ccccc6C6(C)CCCCC56C)cc2c43)c(-c2ccccc2)c1. The quantitative estimate of drug-likeness (QED) is 0.147. The van der Waals surface area contributed by atoms with Crippen LogP contribution in [0.2, 0.25) is 0 Å². The van der Waals surface area contributed by atoms with Gasteiger partial charge in [-0.1, -0.05) is 218 Å². The van der Waals surface area contributed by atoms with Crippen molar-refractivity contribution in [3.8, 4) is 33.4 Å². The van der Waals surface area contributed by atoms with Gasteiger partial charge in [-0.2, -0.15) is 0 Å². The molecule has 16 rings (SSSR count). The molecule has 85 heavy (non-hydrogen) atoms. The lowest BCUT2D eigenvalue weighted by molar-refractivity contribution is 0.195. The molecule has 418 valence electrons. The molecular weight excluding hydrogens is 1030 g/mol. The summed E-state index contributed by atoms with van der Waals surface area (Å²) in [6.07, 6.45) is 9.51. The minimum Gasteiger partial charge on any atom is -0.334 e. The number of para-hydroxylation sites is 2. The van der Waals surface area contributed by atoms with Crippen LogP contribution in [0.5, 0.6) is 0 Å². The molecule has 0 radical (unpaired) electrons. The predicted octanol–water partition coefficient (Wildman–Crippen LogP) is 19.6. The summed E-state index contributed by atoms with van der Waals surface area (Å²) in [4.78, 5) is 10.9. The monoisotopic (exact) mass is 1100 g/mol. The summed E-state index contributed by atoms with van der Waals surface area (Å²) in [7, 11) is 0. The van der Waals surface area contributed by atoms with Crippen molar-refractivity contribution in [1.29, 1.82) is 0 Å². The Morgan fingerprint density at radius 2 is 0.788 bits per heavy atom. The Hall–Kier alpha value is -8.54. The Morgan fingerprint density at radius 1 is 0.341 bits per heavy atom. The first-order valence-corrected chi connectivity index (χ1v) is 31.5. The topological polar surface area (TPSA) is 13.0 Å². The van der Waals surface area contributed by atoms with Gasteiger partial charge in [-0.15, -0.1) is 0 Å². The summed E-state index contributed by atoms with van der Waals surface area (Å²) in [5, 5.41) is 0. The second-order valence-electron chi connectivity index (χ2n) is 27.5. The Morgan fingerprint density at radius 3 is 1.39 bits per heavy atom. The van der Waals surface area contributed by atoms with E-state index in [1.54, 1.807) is 0 Å². The molecule has 0 amide bonds. The molecule has 0 saturated heterocycles. The number of rotatable bonds is 7. The molecule has 5 heteroatoms. The van der Waals surface area contributed by atoms with Crippen LogP contribution in [0.4, 0.5) is 56.9 Å². The van der Waals surface area contributed by atoms with E-state index in [2.05, 4.69) is 299 Å². The molecule has 0 spiro atoms. The Balaban J connectivity index is 1.03. The molecule has 4 aliphatic heterocycles. The van der Waals surface area contributed by atoms with E-state index in [1.807, 2.05) is 0 Å². The van der Waals surface area contributed by atoms with Gasteiger partial charge in [0.2, 0.25) is 0 Å². The van der Waals surface area contributed by atoms with Crippen LogP contribution >= 0.6 is 0 Å². The first-order valence-electron chi connectivity index (χ1n) is 31.5. The normalized spacial score (nSPS) is 22.5. The highest BCUT2D eigenvalue weighted by atomic mass is 15.3. The van der Waals surface area contributed by atoms with Gasteiger partial charge in [0.15, 0.2) is 0 Å². The van der Waals surface area contributed by atoms with E-state index in [1.165, 1.54) is 150 Å². The third kappa shape index (κ3) is 7.54. The summed E-state index contributed by atoms with van der Waals surface area (Å²) in [5.41, 5.74) is 27.6. The number of benzene rings is 10. The first-order chi connectivity index (χ1) is 41.3. The van der Waals surface area contributed by atoms with Crippen molar-refractivity contribution in [1.82, 2.24) is 0 Å². The minimum atomic E-state index is -0.166. The van der Waals surface area contributed by atoms with Crippen LogP contribution in [0, 0.1) is 0 Å². The van der Waals surface area contributed by atoms with E-state index in [-0.39, 0.29) is 34.0 Å². The average molecular weight is 1100 g/mol. The van der Waals surface area contributed by atoms with Crippen LogP contribution in [0.15, 0.2) is 231 Å². The largest absolute Gasteiger partial charge is 0.334 e. The van der Waals surface area contributed by atoms with Crippen molar-refractivity contribution in [2.24, 2.45) is 0 Å². The van der Waals surface area contributed by atoms with Crippen molar-refractivity contribution >= 4 is 80.0 Å². The van der Waals surface area contributed by atoms with Crippen LogP contribution in [0.25, 0.3) is 33.4 Å². The molecule has 0 aromatic heterocycles. The molecule has 4 nitrogen and oxygen atoms in total. The molecule has 4 unspecified atom stereocenters. The van der Waals surface area contributed by atoms with Gasteiger partial charge in [-0.05, 0) is 179 Å². The highest BCUT2D eigenvalue weighted by Crippen LogP contribution is 2.63. The number of hydrogen-bond acceptors (Lipinski definition) is 4. The molecule has 10 aromatic rings. The van der Waals surface area contributed by atoms with Crippen LogP contribution in [0.1, 0.15) is 117 Å². The zero-order valence-corrected chi connectivity index (χ0v) is 50.5. The van der Waals surface area contributed by atoms with Crippen LogP contribution in [-0.4, -0.2) is 17.8 Å². The van der Waals surface area contributed by atoms with Gasteiger partial charge in [-0.3, -0.25) is 0 Å². The molecule has 10 aromatic carbocycles. The van der Waals surface area contributed by atoms with Crippen molar-refractivity contribution in [2.45, 2.75) is 127 Å².